The SMILES string of the molecule is CCCCCCCCC(CCCCCCC)OC(CCCCCCC)CCCCCCCC. The van der Waals surface area contributed by atoms with E-state index in [1.54, 1.807) is 0 Å². The van der Waals surface area contributed by atoms with Crippen molar-refractivity contribution in [1.82, 2.24) is 0 Å². The third-order valence-corrected chi connectivity index (χ3v) is 7.40. The van der Waals surface area contributed by atoms with Gasteiger partial charge in [-0.2, -0.15) is 0 Å². The highest BCUT2D eigenvalue weighted by atomic mass is 16.5. The molecule has 33 heavy (non-hydrogen) atoms. The van der Waals surface area contributed by atoms with E-state index in [1.165, 1.54) is 167 Å². The van der Waals surface area contributed by atoms with Crippen LogP contribution in [0.4, 0.5) is 0 Å². The van der Waals surface area contributed by atoms with Crippen LogP contribution in [0.15, 0.2) is 0 Å². The topological polar surface area (TPSA) is 9.23 Å². The maximum atomic E-state index is 6.92. The molecular weight excluding hydrogens is 400 g/mol. The predicted octanol–water partition coefficient (Wildman–Crippen LogP) is 12.0. The van der Waals surface area contributed by atoms with Gasteiger partial charge < -0.3 is 4.74 Å². The van der Waals surface area contributed by atoms with E-state index in [2.05, 4.69) is 27.7 Å². The normalized spacial score (nSPS) is 13.5. The van der Waals surface area contributed by atoms with Gasteiger partial charge in [0.2, 0.25) is 0 Å². The zero-order valence-electron chi connectivity index (χ0n) is 23.9. The molecule has 0 saturated carbocycles. The molecule has 0 radical (unpaired) electrons. The summed E-state index contributed by atoms with van der Waals surface area (Å²) >= 11 is 0. The lowest BCUT2D eigenvalue weighted by atomic mass is 9.99. The molecule has 0 aromatic rings. The molecule has 0 aromatic heterocycles. The average Bonchev–Trinajstić information content (AvgIpc) is 2.82. The van der Waals surface area contributed by atoms with Gasteiger partial charge in [-0.05, 0) is 25.7 Å². The van der Waals surface area contributed by atoms with Gasteiger partial charge in [-0.3, -0.25) is 0 Å². The molecule has 0 rings (SSSR count). The van der Waals surface area contributed by atoms with Gasteiger partial charge in [-0.1, -0.05) is 169 Å². The van der Waals surface area contributed by atoms with Gasteiger partial charge in [0.05, 0.1) is 12.2 Å². The quantitative estimate of drug-likeness (QED) is 0.104. The summed E-state index contributed by atoms with van der Waals surface area (Å²) in [6.07, 6.45) is 37.0. The van der Waals surface area contributed by atoms with Crippen LogP contribution in [0.3, 0.4) is 0 Å². The highest BCUT2D eigenvalue weighted by molar-refractivity contribution is 4.67. The van der Waals surface area contributed by atoms with Crippen LogP contribution in [-0.2, 0) is 4.74 Å². The number of hydrogen-bond donors (Lipinski definition) is 0. The van der Waals surface area contributed by atoms with Gasteiger partial charge in [-0.25, -0.2) is 0 Å². The number of hydrogen-bond acceptors (Lipinski definition) is 1. The molecule has 1 nitrogen and oxygen atoms in total. The summed E-state index contributed by atoms with van der Waals surface area (Å²) in [6, 6.07) is 0. The number of ether oxygens (including phenoxy) is 1. The van der Waals surface area contributed by atoms with Crippen LogP contribution in [-0.4, -0.2) is 12.2 Å². The fourth-order valence-corrected chi connectivity index (χ4v) is 5.09. The molecule has 0 saturated heterocycles. The molecule has 2 unspecified atom stereocenters. The van der Waals surface area contributed by atoms with Crippen LogP contribution in [0.1, 0.15) is 195 Å². The van der Waals surface area contributed by atoms with Crippen molar-refractivity contribution < 1.29 is 4.74 Å². The van der Waals surface area contributed by atoms with Crippen molar-refractivity contribution in [3.63, 3.8) is 0 Å². The van der Waals surface area contributed by atoms with E-state index >= 15 is 0 Å². The van der Waals surface area contributed by atoms with E-state index in [9.17, 15) is 0 Å². The molecule has 0 N–H and O–H groups in total. The van der Waals surface area contributed by atoms with E-state index in [-0.39, 0.29) is 0 Å². The van der Waals surface area contributed by atoms with Gasteiger partial charge in [0.25, 0.3) is 0 Å². The van der Waals surface area contributed by atoms with E-state index in [4.69, 9.17) is 4.74 Å². The third kappa shape index (κ3) is 24.9. The summed E-state index contributed by atoms with van der Waals surface area (Å²) in [5.74, 6) is 0. The standard InChI is InChI=1S/C32H66O/c1-5-9-13-17-21-25-29-31(27-23-19-15-11-7-3)33-32(28-24-20-16-12-8-4)30-26-22-18-14-10-6-2/h31-32H,5-30H2,1-4H3. The zero-order valence-corrected chi connectivity index (χ0v) is 23.9. The first-order valence-corrected chi connectivity index (χ1v) is 15.9. The lowest BCUT2D eigenvalue weighted by Gasteiger charge is -2.26. The number of unbranched alkanes of at least 4 members (excludes halogenated alkanes) is 18. The Bertz CT molecular complexity index is 307. The molecule has 0 aliphatic carbocycles. The summed E-state index contributed by atoms with van der Waals surface area (Å²) in [4.78, 5) is 0. The van der Waals surface area contributed by atoms with Gasteiger partial charge in [0.15, 0.2) is 0 Å². The Balaban J connectivity index is 4.54. The first-order chi connectivity index (χ1) is 16.3. The van der Waals surface area contributed by atoms with Gasteiger partial charge in [0, 0.05) is 0 Å². The van der Waals surface area contributed by atoms with Crippen molar-refractivity contribution in [1.29, 1.82) is 0 Å². The van der Waals surface area contributed by atoms with Crippen molar-refractivity contribution in [3.05, 3.63) is 0 Å². The minimum Gasteiger partial charge on any atom is -0.375 e. The molecule has 0 aromatic carbocycles. The fourth-order valence-electron chi connectivity index (χ4n) is 5.09. The zero-order chi connectivity index (χ0) is 24.2. The van der Waals surface area contributed by atoms with Crippen molar-refractivity contribution in [2.75, 3.05) is 0 Å². The third-order valence-electron chi connectivity index (χ3n) is 7.40. The molecule has 0 aliphatic rings. The van der Waals surface area contributed by atoms with Gasteiger partial charge in [-0.15, -0.1) is 0 Å². The molecule has 0 heterocycles. The van der Waals surface area contributed by atoms with Crippen LogP contribution < -0.4 is 0 Å². The first-order valence-electron chi connectivity index (χ1n) is 15.9. The van der Waals surface area contributed by atoms with Crippen molar-refractivity contribution in [2.45, 2.75) is 207 Å². The monoisotopic (exact) mass is 467 g/mol. The lowest BCUT2D eigenvalue weighted by Crippen LogP contribution is -2.23. The van der Waals surface area contributed by atoms with Crippen molar-refractivity contribution in [3.8, 4) is 0 Å². The summed E-state index contributed by atoms with van der Waals surface area (Å²) in [6.45, 7) is 9.26. The first kappa shape index (κ1) is 33.0. The molecule has 0 spiro atoms. The molecule has 200 valence electrons. The van der Waals surface area contributed by atoms with Gasteiger partial charge in [0.1, 0.15) is 0 Å². The molecule has 0 amide bonds. The second-order valence-corrected chi connectivity index (χ2v) is 10.9. The van der Waals surface area contributed by atoms with Gasteiger partial charge >= 0.3 is 0 Å². The Morgan fingerprint density at radius 2 is 0.515 bits per heavy atom. The minimum absolute atomic E-state index is 0.526. The van der Waals surface area contributed by atoms with Crippen LogP contribution in [0.2, 0.25) is 0 Å². The summed E-state index contributed by atoms with van der Waals surface area (Å²) in [5.41, 5.74) is 0. The second-order valence-electron chi connectivity index (χ2n) is 10.9. The molecule has 2 atom stereocenters. The predicted molar refractivity (Wildman–Crippen MR) is 151 cm³/mol. The molecular formula is C32H66O. The Kier molecular flexibility index (Phi) is 28.2. The van der Waals surface area contributed by atoms with Crippen LogP contribution in [0.5, 0.6) is 0 Å². The molecule has 0 aliphatic heterocycles. The van der Waals surface area contributed by atoms with Crippen LogP contribution >= 0.6 is 0 Å². The van der Waals surface area contributed by atoms with Crippen molar-refractivity contribution >= 4 is 0 Å². The summed E-state index contributed by atoms with van der Waals surface area (Å²) in [5, 5.41) is 0. The Morgan fingerprint density at radius 3 is 0.758 bits per heavy atom. The highest BCUT2D eigenvalue weighted by Crippen LogP contribution is 2.23. The largest absolute Gasteiger partial charge is 0.375 e. The summed E-state index contributed by atoms with van der Waals surface area (Å²) in [7, 11) is 0. The Morgan fingerprint density at radius 1 is 0.303 bits per heavy atom. The lowest BCUT2D eigenvalue weighted by molar-refractivity contribution is -0.0324. The second kappa shape index (κ2) is 28.2. The van der Waals surface area contributed by atoms with Crippen molar-refractivity contribution in [2.24, 2.45) is 0 Å². The molecule has 0 bridgehead atoms. The maximum absolute atomic E-state index is 6.92. The average molecular weight is 467 g/mol. The highest BCUT2D eigenvalue weighted by Gasteiger charge is 2.16. The fraction of sp³-hybridized carbons (Fsp3) is 1.00. The van der Waals surface area contributed by atoms with Crippen LogP contribution in [0, 0.1) is 0 Å². The van der Waals surface area contributed by atoms with E-state index in [0.29, 0.717) is 12.2 Å². The Labute approximate surface area is 211 Å². The van der Waals surface area contributed by atoms with Crippen LogP contribution in [0.25, 0.3) is 0 Å². The smallest absolute Gasteiger partial charge is 0.0578 e. The minimum atomic E-state index is 0.526. The van der Waals surface area contributed by atoms with E-state index in [1.807, 2.05) is 0 Å². The number of rotatable bonds is 28. The Hall–Kier alpha value is -0.0400. The molecule has 0 fully saturated rings. The maximum Gasteiger partial charge on any atom is 0.0578 e. The molecule has 1 heteroatoms. The van der Waals surface area contributed by atoms with E-state index < -0.39 is 0 Å². The summed E-state index contributed by atoms with van der Waals surface area (Å²) < 4.78 is 6.92. The van der Waals surface area contributed by atoms with E-state index in [0.717, 1.165) is 0 Å².